The molecule has 4 heteroatoms. The summed E-state index contributed by atoms with van der Waals surface area (Å²) in [6.07, 6.45) is 5.11. The van der Waals surface area contributed by atoms with E-state index in [4.69, 9.17) is 4.74 Å². The van der Waals surface area contributed by atoms with Crippen LogP contribution < -0.4 is 4.74 Å². The van der Waals surface area contributed by atoms with Crippen LogP contribution in [0, 0.1) is 17.7 Å². The molecule has 3 nitrogen and oxygen atoms in total. The maximum absolute atomic E-state index is 13.4. The third-order valence-electron chi connectivity index (χ3n) is 4.26. The van der Waals surface area contributed by atoms with E-state index in [0.29, 0.717) is 17.9 Å². The van der Waals surface area contributed by atoms with E-state index in [2.05, 4.69) is 4.90 Å². The summed E-state index contributed by atoms with van der Waals surface area (Å²) in [6, 6.07) is 4.13. The number of methoxy groups -OCH3 is 1. The smallest absolute Gasteiger partial charge is 0.180 e. The van der Waals surface area contributed by atoms with Crippen LogP contribution in [0.5, 0.6) is 5.75 Å². The van der Waals surface area contributed by atoms with Gasteiger partial charge in [0.15, 0.2) is 5.78 Å². The van der Waals surface area contributed by atoms with Crippen LogP contribution in [-0.4, -0.2) is 37.4 Å². The quantitative estimate of drug-likeness (QED) is 0.689. The van der Waals surface area contributed by atoms with Crippen LogP contribution in [0.15, 0.2) is 18.2 Å². The second kappa shape index (κ2) is 6.14. The van der Waals surface area contributed by atoms with Crippen LogP contribution >= 0.6 is 0 Å². The first kappa shape index (κ1) is 14.5. The molecule has 21 heavy (non-hydrogen) atoms. The maximum atomic E-state index is 13.4. The van der Waals surface area contributed by atoms with Crippen molar-refractivity contribution in [3.05, 3.63) is 29.6 Å². The average molecular weight is 291 g/mol. The molecule has 2 aliphatic carbocycles. The summed E-state index contributed by atoms with van der Waals surface area (Å²) in [5.41, 5.74) is 0.356. The van der Waals surface area contributed by atoms with Crippen LogP contribution in [0.1, 0.15) is 36.0 Å². The number of rotatable bonds is 8. The molecule has 0 N–H and O–H groups in total. The van der Waals surface area contributed by atoms with E-state index in [1.807, 2.05) is 0 Å². The number of carbonyl (C=O) groups excluding carboxylic acids is 1. The summed E-state index contributed by atoms with van der Waals surface area (Å²) >= 11 is 0. The minimum Gasteiger partial charge on any atom is -0.496 e. The lowest BCUT2D eigenvalue weighted by atomic mass is 10.1. The number of hydrogen-bond acceptors (Lipinski definition) is 3. The van der Waals surface area contributed by atoms with Gasteiger partial charge in [-0.3, -0.25) is 9.69 Å². The van der Waals surface area contributed by atoms with Crippen LogP contribution in [-0.2, 0) is 0 Å². The first-order valence-electron chi connectivity index (χ1n) is 7.75. The number of ether oxygens (including phenoxy) is 1. The lowest BCUT2D eigenvalue weighted by Gasteiger charge is -2.21. The molecule has 0 saturated heterocycles. The molecular formula is C17H22FNO2. The van der Waals surface area contributed by atoms with E-state index in [-0.39, 0.29) is 5.78 Å². The van der Waals surface area contributed by atoms with Crippen LogP contribution in [0.4, 0.5) is 4.39 Å². The summed E-state index contributed by atoms with van der Waals surface area (Å²) < 4.78 is 18.6. The molecule has 0 heterocycles. The summed E-state index contributed by atoms with van der Waals surface area (Å²) in [7, 11) is 1.51. The summed E-state index contributed by atoms with van der Waals surface area (Å²) in [6.45, 7) is 2.37. The SMILES string of the molecule is COc1ccc(F)cc1C(=O)CN(CC1CC1)CC1CC1. The topological polar surface area (TPSA) is 29.5 Å². The molecule has 2 saturated carbocycles. The third kappa shape index (κ3) is 4.03. The van der Waals surface area contributed by atoms with Crippen molar-refractivity contribution in [1.29, 1.82) is 0 Å². The van der Waals surface area contributed by atoms with Gasteiger partial charge in [0.2, 0.25) is 0 Å². The van der Waals surface area contributed by atoms with E-state index < -0.39 is 5.82 Å². The zero-order valence-corrected chi connectivity index (χ0v) is 12.5. The van der Waals surface area contributed by atoms with Gasteiger partial charge in [0.05, 0.1) is 19.2 Å². The zero-order valence-electron chi connectivity index (χ0n) is 12.5. The molecule has 0 atom stereocenters. The number of Topliss-reactive ketones (excluding diaryl/α,β-unsaturated/α-hetero) is 1. The van der Waals surface area contributed by atoms with E-state index in [1.54, 1.807) is 0 Å². The molecule has 2 fully saturated rings. The normalized spacial score (nSPS) is 18.0. The monoisotopic (exact) mass is 291 g/mol. The third-order valence-corrected chi connectivity index (χ3v) is 4.26. The van der Waals surface area contributed by atoms with Crippen molar-refractivity contribution in [2.75, 3.05) is 26.7 Å². The molecule has 114 valence electrons. The van der Waals surface area contributed by atoms with Crippen molar-refractivity contribution >= 4 is 5.78 Å². The van der Waals surface area contributed by atoms with Crippen molar-refractivity contribution in [2.24, 2.45) is 11.8 Å². The van der Waals surface area contributed by atoms with Gasteiger partial charge in [-0.05, 0) is 55.7 Å². The first-order valence-corrected chi connectivity index (χ1v) is 7.75. The summed E-state index contributed by atoms with van der Waals surface area (Å²) in [5, 5.41) is 0. The van der Waals surface area contributed by atoms with E-state index >= 15 is 0 Å². The Balaban J connectivity index is 1.68. The number of benzene rings is 1. The Morgan fingerprint density at radius 3 is 2.38 bits per heavy atom. The van der Waals surface area contributed by atoms with Gasteiger partial charge in [0, 0.05) is 13.1 Å². The van der Waals surface area contributed by atoms with Gasteiger partial charge in [-0.2, -0.15) is 0 Å². The Kier molecular flexibility index (Phi) is 4.24. The predicted molar refractivity (Wildman–Crippen MR) is 79.2 cm³/mol. The molecule has 0 amide bonds. The zero-order chi connectivity index (χ0) is 14.8. The van der Waals surface area contributed by atoms with Crippen LogP contribution in [0.2, 0.25) is 0 Å². The lowest BCUT2D eigenvalue weighted by molar-refractivity contribution is 0.0920. The number of ketones is 1. The van der Waals surface area contributed by atoms with Gasteiger partial charge in [0.25, 0.3) is 0 Å². The summed E-state index contributed by atoms with van der Waals surface area (Å²) in [5.74, 6) is 1.53. The van der Waals surface area contributed by atoms with E-state index in [1.165, 1.54) is 51.0 Å². The Morgan fingerprint density at radius 2 is 1.86 bits per heavy atom. The highest BCUT2D eigenvalue weighted by atomic mass is 19.1. The van der Waals surface area contributed by atoms with Crippen molar-refractivity contribution in [3.63, 3.8) is 0 Å². The highest BCUT2D eigenvalue weighted by molar-refractivity contribution is 6.00. The fraction of sp³-hybridized carbons (Fsp3) is 0.588. The molecule has 0 aromatic heterocycles. The molecule has 3 rings (SSSR count). The highest BCUT2D eigenvalue weighted by Gasteiger charge is 2.30. The molecule has 0 unspecified atom stereocenters. The Labute approximate surface area is 125 Å². The van der Waals surface area contributed by atoms with Crippen molar-refractivity contribution in [2.45, 2.75) is 25.7 Å². The largest absolute Gasteiger partial charge is 0.496 e. The number of hydrogen-bond donors (Lipinski definition) is 0. The van der Waals surface area contributed by atoms with Crippen molar-refractivity contribution in [1.82, 2.24) is 4.90 Å². The van der Waals surface area contributed by atoms with E-state index in [0.717, 1.165) is 24.9 Å². The fourth-order valence-corrected chi connectivity index (χ4v) is 2.72. The molecule has 0 spiro atoms. The molecule has 0 bridgehead atoms. The van der Waals surface area contributed by atoms with Crippen molar-refractivity contribution < 1.29 is 13.9 Å². The highest BCUT2D eigenvalue weighted by Crippen LogP contribution is 2.34. The minimum atomic E-state index is -0.393. The van der Waals surface area contributed by atoms with Crippen molar-refractivity contribution in [3.8, 4) is 5.75 Å². The first-order chi connectivity index (χ1) is 10.2. The standard InChI is InChI=1S/C17H22FNO2/c1-21-17-7-6-14(18)8-15(17)16(20)11-19(9-12-2-3-12)10-13-4-5-13/h6-8,12-13H,2-5,9-11H2,1H3. The summed E-state index contributed by atoms with van der Waals surface area (Å²) in [4.78, 5) is 14.8. The van der Waals surface area contributed by atoms with Gasteiger partial charge in [-0.25, -0.2) is 4.39 Å². The molecular weight excluding hydrogens is 269 g/mol. The fourth-order valence-electron chi connectivity index (χ4n) is 2.72. The minimum absolute atomic E-state index is 0.0485. The van der Waals surface area contributed by atoms with Crippen LogP contribution in [0.3, 0.4) is 0 Å². The number of carbonyl (C=O) groups is 1. The van der Waals surface area contributed by atoms with Gasteiger partial charge < -0.3 is 4.74 Å². The number of halogens is 1. The number of nitrogens with zero attached hydrogens (tertiary/aromatic N) is 1. The maximum Gasteiger partial charge on any atom is 0.180 e. The Morgan fingerprint density at radius 1 is 1.24 bits per heavy atom. The molecule has 2 aliphatic rings. The second-order valence-corrected chi connectivity index (χ2v) is 6.35. The molecule has 1 aromatic rings. The Hall–Kier alpha value is -1.42. The van der Waals surface area contributed by atoms with Gasteiger partial charge in [-0.1, -0.05) is 0 Å². The average Bonchev–Trinajstić information content (AvgIpc) is 3.35. The lowest BCUT2D eigenvalue weighted by Crippen LogP contribution is -2.33. The van der Waals surface area contributed by atoms with Crippen LogP contribution in [0.25, 0.3) is 0 Å². The van der Waals surface area contributed by atoms with Gasteiger partial charge in [0.1, 0.15) is 11.6 Å². The molecule has 0 radical (unpaired) electrons. The van der Waals surface area contributed by atoms with Gasteiger partial charge >= 0.3 is 0 Å². The predicted octanol–water partition coefficient (Wildman–Crippen LogP) is 3.14. The van der Waals surface area contributed by atoms with Gasteiger partial charge in [-0.15, -0.1) is 0 Å². The molecule has 0 aliphatic heterocycles. The molecule has 1 aromatic carbocycles. The van der Waals surface area contributed by atoms with E-state index in [9.17, 15) is 9.18 Å². The second-order valence-electron chi connectivity index (χ2n) is 6.35. The Bertz CT molecular complexity index is 510.